The number of methoxy groups -OCH3 is 2. The molecule has 4 aromatic rings. The first-order valence-electron chi connectivity index (χ1n) is 11.4. The molecule has 3 aromatic carbocycles. The minimum absolute atomic E-state index is 0. The lowest BCUT2D eigenvalue weighted by atomic mass is 10.0. The highest BCUT2D eigenvalue weighted by atomic mass is 35.5. The van der Waals surface area contributed by atoms with E-state index in [0.717, 1.165) is 28.1 Å². The predicted molar refractivity (Wildman–Crippen MR) is 147 cm³/mol. The molecule has 1 unspecified atom stereocenters. The zero-order chi connectivity index (χ0) is 24.9. The van der Waals surface area contributed by atoms with Crippen molar-refractivity contribution in [3.8, 4) is 11.5 Å². The fraction of sp³-hybridized carbons (Fsp3) is 0.107. The normalized spacial score (nSPS) is 14.1. The zero-order valence-electron chi connectivity index (χ0n) is 20.3. The highest BCUT2D eigenvalue weighted by Crippen LogP contribution is 2.33. The molecule has 2 N–H and O–H groups in total. The minimum Gasteiger partial charge on any atom is -0.497 e. The molecular formula is C28H26ClN5O3. The maximum Gasteiger partial charge on any atom is 0.250 e. The molecule has 2 heterocycles. The number of halogens is 1. The van der Waals surface area contributed by atoms with Crippen molar-refractivity contribution in [1.82, 2.24) is 14.8 Å². The van der Waals surface area contributed by atoms with Gasteiger partial charge in [0.15, 0.2) is 0 Å². The van der Waals surface area contributed by atoms with Gasteiger partial charge in [-0.1, -0.05) is 60.7 Å². The molecule has 1 amide bonds. The molecule has 0 saturated heterocycles. The summed E-state index contributed by atoms with van der Waals surface area (Å²) in [6, 6.07) is 25.0. The Morgan fingerprint density at radius 3 is 2.43 bits per heavy atom. The molecule has 1 atom stereocenters. The van der Waals surface area contributed by atoms with Crippen molar-refractivity contribution in [3.05, 3.63) is 108 Å². The monoisotopic (exact) mass is 515 g/mol. The van der Waals surface area contributed by atoms with Gasteiger partial charge in [0, 0.05) is 17.3 Å². The lowest BCUT2D eigenvalue weighted by Gasteiger charge is -2.24. The van der Waals surface area contributed by atoms with Gasteiger partial charge in [-0.25, -0.2) is 4.68 Å². The van der Waals surface area contributed by atoms with E-state index in [2.05, 4.69) is 26.8 Å². The highest BCUT2D eigenvalue weighted by molar-refractivity contribution is 6.01. The maximum atomic E-state index is 12.6. The van der Waals surface area contributed by atoms with Crippen molar-refractivity contribution in [3.63, 3.8) is 0 Å². The van der Waals surface area contributed by atoms with Gasteiger partial charge in [-0.2, -0.15) is 4.98 Å². The van der Waals surface area contributed by atoms with Crippen molar-refractivity contribution in [2.24, 2.45) is 0 Å². The second-order valence-electron chi connectivity index (χ2n) is 8.06. The Bertz CT molecular complexity index is 1430. The van der Waals surface area contributed by atoms with Gasteiger partial charge in [-0.3, -0.25) is 10.1 Å². The number of nitrogens with zero attached hydrogens (tertiary/aromatic N) is 3. The first-order valence-corrected chi connectivity index (χ1v) is 11.4. The van der Waals surface area contributed by atoms with Crippen LogP contribution in [0.15, 0.2) is 91.0 Å². The predicted octanol–water partition coefficient (Wildman–Crippen LogP) is 5.43. The summed E-state index contributed by atoms with van der Waals surface area (Å²) in [5.74, 6) is 1.84. The number of nitrogens with one attached hydrogen (secondary N) is 2. The minimum atomic E-state index is -0.346. The van der Waals surface area contributed by atoms with Crippen LogP contribution in [0, 0.1) is 0 Å². The van der Waals surface area contributed by atoms with E-state index in [1.165, 1.54) is 6.08 Å². The van der Waals surface area contributed by atoms with Crippen LogP contribution in [0.2, 0.25) is 0 Å². The largest absolute Gasteiger partial charge is 0.497 e. The summed E-state index contributed by atoms with van der Waals surface area (Å²) in [7, 11) is 3.23. The van der Waals surface area contributed by atoms with Crippen molar-refractivity contribution in [1.29, 1.82) is 0 Å². The third-order valence-electron chi connectivity index (χ3n) is 5.80. The molecule has 0 bridgehead atoms. The third-order valence-corrected chi connectivity index (χ3v) is 5.80. The molecule has 188 valence electrons. The second kappa shape index (κ2) is 11.5. The van der Waals surface area contributed by atoms with Crippen LogP contribution >= 0.6 is 12.4 Å². The molecule has 37 heavy (non-hydrogen) atoms. The topological polar surface area (TPSA) is 90.3 Å². The molecule has 0 aliphatic carbocycles. The third kappa shape index (κ3) is 5.65. The van der Waals surface area contributed by atoms with Crippen LogP contribution in [0.25, 0.3) is 11.8 Å². The number of hydrogen-bond donors (Lipinski definition) is 2. The van der Waals surface area contributed by atoms with Gasteiger partial charge >= 0.3 is 0 Å². The Morgan fingerprint density at radius 1 is 0.973 bits per heavy atom. The first-order chi connectivity index (χ1) is 17.6. The summed E-state index contributed by atoms with van der Waals surface area (Å²) in [5.41, 5.74) is 3.73. The van der Waals surface area contributed by atoms with E-state index in [-0.39, 0.29) is 30.3 Å². The Balaban J connectivity index is 0.00000320. The summed E-state index contributed by atoms with van der Waals surface area (Å²) in [5, 5.41) is 10.7. The highest BCUT2D eigenvalue weighted by Gasteiger charge is 2.25. The molecule has 0 radical (unpaired) electrons. The molecule has 8 nitrogen and oxygen atoms in total. The summed E-state index contributed by atoms with van der Waals surface area (Å²) >= 11 is 0. The Labute approximate surface area is 221 Å². The maximum absolute atomic E-state index is 12.6. The number of rotatable bonds is 7. The molecule has 5 rings (SSSR count). The van der Waals surface area contributed by atoms with Crippen molar-refractivity contribution in [2.45, 2.75) is 6.04 Å². The van der Waals surface area contributed by atoms with Crippen LogP contribution in [0.5, 0.6) is 11.5 Å². The Kier molecular flexibility index (Phi) is 7.90. The lowest BCUT2D eigenvalue weighted by molar-refractivity contribution is -0.111. The number of allylic oxidation sites excluding steroid dienone is 1. The smallest absolute Gasteiger partial charge is 0.250 e. The number of anilines is 2. The number of hydrogen-bond acceptors (Lipinski definition) is 6. The summed E-state index contributed by atoms with van der Waals surface area (Å²) in [6.45, 7) is 0. The molecule has 1 aliphatic rings. The van der Waals surface area contributed by atoms with Crippen LogP contribution < -0.4 is 20.1 Å². The van der Waals surface area contributed by atoms with Crippen LogP contribution in [0.4, 0.5) is 11.9 Å². The standard InChI is InChI=1S/C28H25N5O3.ClH/c1-35-22-15-12-20(13-16-22)24-18-23(19-8-4-3-5-9-19)29-28-31-27(32-33(24)28)30-26(34)17-14-21-10-6-7-11-25(21)36-2;/h3-18,24H,1-2H3,(H2,29,30,31,32,34);1H/b17-14+;. The van der Waals surface area contributed by atoms with E-state index in [4.69, 9.17) is 9.47 Å². The van der Waals surface area contributed by atoms with E-state index in [0.29, 0.717) is 11.7 Å². The van der Waals surface area contributed by atoms with Gasteiger partial charge in [0.2, 0.25) is 5.95 Å². The molecule has 0 saturated carbocycles. The van der Waals surface area contributed by atoms with Crippen LogP contribution in [0.3, 0.4) is 0 Å². The average molecular weight is 516 g/mol. The second-order valence-corrected chi connectivity index (χ2v) is 8.06. The molecule has 0 spiro atoms. The Morgan fingerprint density at radius 2 is 1.70 bits per heavy atom. The van der Waals surface area contributed by atoms with Gasteiger partial charge < -0.3 is 14.8 Å². The number of amides is 1. The van der Waals surface area contributed by atoms with Gasteiger partial charge in [0.1, 0.15) is 17.5 Å². The number of carbonyl (C=O) groups excluding carboxylic acids is 1. The summed E-state index contributed by atoms with van der Waals surface area (Å²) in [4.78, 5) is 17.2. The number of benzene rings is 3. The summed E-state index contributed by atoms with van der Waals surface area (Å²) < 4.78 is 12.4. The first kappa shape index (κ1) is 25.5. The molecule has 1 aliphatic heterocycles. The number of aromatic nitrogens is 3. The van der Waals surface area contributed by atoms with Crippen LogP contribution in [0.1, 0.15) is 22.7 Å². The quantitative estimate of drug-likeness (QED) is 0.319. The zero-order valence-corrected chi connectivity index (χ0v) is 21.1. The molecule has 0 fully saturated rings. The van der Waals surface area contributed by atoms with Crippen LogP contribution in [-0.4, -0.2) is 34.9 Å². The number of fused-ring (bicyclic) bond motifs is 1. The fourth-order valence-corrected chi connectivity index (χ4v) is 3.99. The fourth-order valence-electron chi connectivity index (χ4n) is 3.99. The van der Waals surface area contributed by atoms with Gasteiger partial charge in [-0.15, -0.1) is 17.5 Å². The number of carbonyl (C=O) groups is 1. The molecular weight excluding hydrogens is 490 g/mol. The van der Waals surface area contributed by atoms with Crippen molar-refractivity contribution < 1.29 is 14.3 Å². The van der Waals surface area contributed by atoms with Crippen molar-refractivity contribution in [2.75, 3.05) is 24.9 Å². The molecule has 1 aromatic heterocycles. The van der Waals surface area contributed by atoms with Gasteiger partial charge in [-0.05, 0) is 41.5 Å². The number of para-hydroxylation sites is 1. The van der Waals surface area contributed by atoms with E-state index < -0.39 is 0 Å². The van der Waals surface area contributed by atoms with E-state index >= 15 is 0 Å². The average Bonchev–Trinajstić information content (AvgIpc) is 3.34. The lowest BCUT2D eigenvalue weighted by Crippen LogP contribution is -2.20. The van der Waals surface area contributed by atoms with E-state index in [9.17, 15) is 4.79 Å². The van der Waals surface area contributed by atoms with Crippen molar-refractivity contribution >= 4 is 42.0 Å². The van der Waals surface area contributed by atoms with E-state index in [1.54, 1.807) is 25.0 Å². The summed E-state index contributed by atoms with van der Waals surface area (Å²) in [6.07, 6.45) is 5.21. The number of ether oxygens (including phenoxy) is 2. The van der Waals surface area contributed by atoms with E-state index in [1.807, 2.05) is 78.9 Å². The molecule has 9 heteroatoms. The SMILES string of the molecule is COc1ccc(C2C=C(c3ccccc3)Nc3nc(NC(=O)/C=C/c4ccccc4OC)nn32)cc1.Cl. The van der Waals surface area contributed by atoms with Crippen LogP contribution in [-0.2, 0) is 4.79 Å². The van der Waals surface area contributed by atoms with Gasteiger partial charge in [0.05, 0.1) is 14.2 Å². The Hall–Kier alpha value is -4.56. The van der Waals surface area contributed by atoms with Gasteiger partial charge in [0.25, 0.3) is 11.9 Å².